The summed E-state index contributed by atoms with van der Waals surface area (Å²) in [6.45, 7) is 3.70. The van der Waals surface area contributed by atoms with E-state index in [1.54, 1.807) is 18.3 Å². The molecule has 9 heteroatoms. The first-order valence-corrected chi connectivity index (χ1v) is 13.2. The van der Waals surface area contributed by atoms with E-state index in [9.17, 15) is 14.0 Å². The number of carbonyl (C=O) groups is 2. The average Bonchev–Trinajstić information content (AvgIpc) is 3.67. The maximum absolute atomic E-state index is 13.5. The topological polar surface area (TPSA) is 103 Å². The van der Waals surface area contributed by atoms with Gasteiger partial charge < -0.3 is 10.6 Å². The van der Waals surface area contributed by atoms with Crippen molar-refractivity contribution in [2.24, 2.45) is 0 Å². The van der Waals surface area contributed by atoms with Gasteiger partial charge in [0.1, 0.15) is 12.0 Å². The molecule has 2 aliphatic rings. The van der Waals surface area contributed by atoms with Crippen molar-refractivity contribution in [3.8, 4) is 11.1 Å². The van der Waals surface area contributed by atoms with E-state index in [1.165, 1.54) is 18.9 Å². The molecule has 1 aliphatic heterocycles. The number of rotatable bonds is 9. The third-order valence-electron chi connectivity index (χ3n) is 7.07. The van der Waals surface area contributed by atoms with Gasteiger partial charge in [0.05, 0.1) is 5.92 Å². The summed E-state index contributed by atoms with van der Waals surface area (Å²) in [4.78, 5) is 31.5. The first-order chi connectivity index (χ1) is 18.4. The number of pyridine rings is 1. The highest BCUT2D eigenvalue weighted by atomic mass is 19.1. The number of nitrogens with zero attached hydrogens (tertiary/aromatic N) is 3. The van der Waals surface area contributed by atoms with E-state index in [0.29, 0.717) is 37.1 Å². The molecular formula is C29H33FN6O2. The van der Waals surface area contributed by atoms with Crippen molar-refractivity contribution in [1.82, 2.24) is 20.1 Å². The minimum Gasteiger partial charge on any atom is -0.309 e. The highest BCUT2D eigenvalue weighted by Crippen LogP contribution is 2.39. The Labute approximate surface area is 221 Å². The molecule has 1 aliphatic carbocycles. The summed E-state index contributed by atoms with van der Waals surface area (Å²) in [5, 5.41) is 12.9. The Hall–Kier alpha value is -3.85. The number of hydrogen-bond donors (Lipinski definition) is 3. The zero-order valence-corrected chi connectivity index (χ0v) is 21.5. The van der Waals surface area contributed by atoms with Crippen molar-refractivity contribution in [2.45, 2.75) is 50.6 Å². The van der Waals surface area contributed by atoms with Crippen molar-refractivity contribution in [3.05, 3.63) is 72.1 Å². The molecule has 3 heterocycles. The highest BCUT2D eigenvalue weighted by molar-refractivity contribution is 5.98. The maximum Gasteiger partial charge on any atom is 0.249 e. The molecule has 8 nitrogen and oxygen atoms in total. The molecule has 198 valence electrons. The van der Waals surface area contributed by atoms with Gasteiger partial charge in [-0.15, -0.1) is 0 Å². The van der Waals surface area contributed by atoms with Crippen LogP contribution in [0, 0.1) is 0 Å². The summed E-state index contributed by atoms with van der Waals surface area (Å²) in [5.41, 5.74) is 3.76. The number of aromatic nitrogens is 3. The van der Waals surface area contributed by atoms with E-state index < -0.39 is 6.17 Å². The Bertz CT molecular complexity index is 1300. The third-order valence-corrected chi connectivity index (χ3v) is 7.07. The average molecular weight is 517 g/mol. The maximum atomic E-state index is 13.5. The Balaban J connectivity index is 1.15. The van der Waals surface area contributed by atoms with Crippen LogP contribution >= 0.6 is 0 Å². The minimum atomic E-state index is -0.781. The predicted octanol–water partition coefficient (Wildman–Crippen LogP) is 5.02. The number of benzene rings is 1. The lowest BCUT2D eigenvalue weighted by atomic mass is 9.96. The second-order valence-corrected chi connectivity index (χ2v) is 10.1. The number of piperidine rings is 1. The van der Waals surface area contributed by atoms with Crippen molar-refractivity contribution >= 4 is 23.5 Å². The van der Waals surface area contributed by atoms with Gasteiger partial charge in [0.2, 0.25) is 11.8 Å². The molecule has 2 atom stereocenters. The molecule has 1 unspecified atom stereocenters. The van der Waals surface area contributed by atoms with E-state index in [-0.39, 0.29) is 17.7 Å². The molecule has 1 aromatic carbocycles. The molecule has 0 radical (unpaired) electrons. The van der Waals surface area contributed by atoms with Crippen LogP contribution in [0.5, 0.6) is 0 Å². The van der Waals surface area contributed by atoms with Gasteiger partial charge >= 0.3 is 0 Å². The predicted molar refractivity (Wildman–Crippen MR) is 146 cm³/mol. The van der Waals surface area contributed by atoms with E-state index in [0.717, 1.165) is 35.3 Å². The molecule has 3 N–H and O–H groups in total. The molecule has 3 aromatic rings. The number of nitrogens with one attached hydrogen (secondary N) is 3. The fourth-order valence-electron chi connectivity index (χ4n) is 4.66. The summed E-state index contributed by atoms with van der Waals surface area (Å²) in [6, 6.07) is 13.3. The standard InChI is InChI=1S/C29H33FN6O2/c1-19(29(38)33-27-16-25(34-35-27)20-9-10-20)21-5-2-6-22(15-21)23-11-12-26(31-17-23)32-28(37)8-4-14-36-13-3-7-24(30)18-36/h2,4-6,8,11-12,15-17,19-20,24H,3,7,9-10,13-14,18H2,1H3,(H,31,32,37)(H2,33,34,35,38)/b8-4+/t19?,24-/m0/s1. The van der Waals surface area contributed by atoms with E-state index in [4.69, 9.17) is 0 Å². The summed E-state index contributed by atoms with van der Waals surface area (Å²) in [6.07, 6.45) is 7.93. The lowest BCUT2D eigenvalue weighted by Crippen LogP contribution is -2.36. The number of H-pyrrole nitrogens is 1. The Kier molecular flexibility index (Phi) is 7.93. The first-order valence-electron chi connectivity index (χ1n) is 13.2. The molecule has 2 amide bonds. The van der Waals surface area contributed by atoms with Crippen LogP contribution in [0.15, 0.2) is 60.8 Å². The van der Waals surface area contributed by atoms with Gasteiger partial charge in [0, 0.05) is 48.6 Å². The SMILES string of the molecule is CC(C(=O)Nc1cc(C2CC2)[nH]n1)c1cccc(-c2ccc(NC(=O)/C=C/CN3CCC[C@H](F)C3)nc2)c1. The summed E-state index contributed by atoms with van der Waals surface area (Å²) in [5.74, 6) is 0.778. The molecule has 0 spiro atoms. The second-order valence-electron chi connectivity index (χ2n) is 10.1. The zero-order valence-electron chi connectivity index (χ0n) is 21.5. The molecule has 38 heavy (non-hydrogen) atoms. The van der Waals surface area contributed by atoms with Crippen LogP contribution in [0.25, 0.3) is 11.1 Å². The first kappa shape index (κ1) is 25.8. The Morgan fingerprint density at radius 2 is 2.00 bits per heavy atom. The fourth-order valence-corrected chi connectivity index (χ4v) is 4.66. The number of likely N-dealkylation sites (tertiary alicyclic amines) is 1. The highest BCUT2D eigenvalue weighted by Gasteiger charge is 2.26. The number of carbonyl (C=O) groups excluding carboxylic acids is 2. The number of alkyl halides is 1. The molecule has 2 fully saturated rings. The largest absolute Gasteiger partial charge is 0.309 e. The molecule has 1 saturated heterocycles. The van der Waals surface area contributed by atoms with Gasteiger partial charge in [-0.3, -0.25) is 19.6 Å². The van der Waals surface area contributed by atoms with Crippen molar-refractivity contribution < 1.29 is 14.0 Å². The van der Waals surface area contributed by atoms with Gasteiger partial charge in [0.15, 0.2) is 5.82 Å². The van der Waals surface area contributed by atoms with Gasteiger partial charge in [-0.25, -0.2) is 9.37 Å². The summed E-state index contributed by atoms with van der Waals surface area (Å²) < 4.78 is 13.5. The minimum absolute atomic E-state index is 0.120. The van der Waals surface area contributed by atoms with E-state index in [2.05, 4.69) is 25.8 Å². The summed E-state index contributed by atoms with van der Waals surface area (Å²) >= 11 is 0. The third kappa shape index (κ3) is 6.72. The van der Waals surface area contributed by atoms with E-state index >= 15 is 0 Å². The second kappa shape index (κ2) is 11.7. The quantitative estimate of drug-likeness (QED) is 0.347. The van der Waals surface area contributed by atoms with Gasteiger partial charge in [-0.2, -0.15) is 5.10 Å². The zero-order chi connectivity index (χ0) is 26.5. The van der Waals surface area contributed by atoms with E-state index in [1.807, 2.05) is 48.2 Å². The molecule has 2 aromatic heterocycles. The van der Waals surface area contributed by atoms with Crippen LogP contribution in [0.4, 0.5) is 16.0 Å². The number of aromatic amines is 1. The monoisotopic (exact) mass is 516 g/mol. The number of hydrogen-bond acceptors (Lipinski definition) is 5. The fraction of sp³-hybridized carbons (Fsp3) is 0.379. The lowest BCUT2D eigenvalue weighted by molar-refractivity contribution is -0.117. The molecule has 5 rings (SSSR count). The van der Waals surface area contributed by atoms with Crippen LogP contribution in [0.2, 0.25) is 0 Å². The Morgan fingerprint density at radius 1 is 1.13 bits per heavy atom. The van der Waals surface area contributed by atoms with Crippen LogP contribution in [0.3, 0.4) is 0 Å². The number of amides is 2. The lowest BCUT2D eigenvalue weighted by Gasteiger charge is -2.27. The molecule has 1 saturated carbocycles. The van der Waals surface area contributed by atoms with Crippen LogP contribution in [0.1, 0.15) is 55.7 Å². The molecular weight excluding hydrogens is 483 g/mol. The smallest absolute Gasteiger partial charge is 0.249 e. The molecule has 0 bridgehead atoms. The Morgan fingerprint density at radius 3 is 2.76 bits per heavy atom. The van der Waals surface area contributed by atoms with Gasteiger partial charge in [-0.1, -0.05) is 30.3 Å². The van der Waals surface area contributed by atoms with Crippen molar-refractivity contribution in [1.29, 1.82) is 0 Å². The van der Waals surface area contributed by atoms with Crippen LogP contribution < -0.4 is 10.6 Å². The van der Waals surface area contributed by atoms with Crippen LogP contribution in [-0.4, -0.2) is 57.7 Å². The van der Waals surface area contributed by atoms with Crippen molar-refractivity contribution in [2.75, 3.05) is 30.3 Å². The van der Waals surface area contributed by atoms with Crippen molar-refractivity contribution in [3.63, 3.8) is 0 Å². The number of anilines is 2. The van der Waals surface area contributed by atoms with Gasteiger partial charge in [-0.05, 0) is 62.4 Å². The van der Waals surface area contributed by atoms with Gasteiger partial charge in [0.25, 0.3) is 0 Å². The number of halogens is 1. The van der Waals surface area contributed by atoms with Crippen LogP contribution in [-0.2, 0) is 9.59 Å². The summed E-state index contributed by atoms with van der Waals surface area (Å²) in [7, 11) is 0. The normalized spacial score (nSPS) is 18.8.